The van der Waals surface area contributed by atoms with Crippen molar-refractivity contribution in [2.45, 2.75) is 6.54 Å². The van der Waals surface area contributed by atoms with E-state index in [4.69, 9.17) is 11.0 Å². The highest BCUT2D eigenvalue weighted by molar-refractivity contribution is 5.43. The highest BCUT2D eigenvalue weighted by Crippen LogP contribution is 2.05. The second-order valence-corrected chi connectivity index (χ2v) is 2.22. The minimum absolute atomic E-state index is 0.455. The van der Waals surface area contributed by atoms with E-state index in [0.717, 1.165) is 11.1 Å². The minimum atomic E-state index is 0.455. The largest absolute Gasteiger partial charge is 0.326 e. The summed E-state index contributed by atoms with van der Waals surface area (Å²) in [5.74, 6) is 5.06. The predicted octanol–water partition coefficient (Wildman–Crippen LogP) is 1.02. The van der Waals surface area contributed by atoms with Gasteiger partial charge in [-0.3, -0.25) is 0 Å². The molecule has 0 unspecified atom stereocenters. The summed E-state index contributed by atoms with van der Waals surface area (Å²) in [4.78, 5) is 0. The lowest BCUT2D eigenvalue weighted by atomic mass is 10.1. The summed E-state index contributed by atoms with van der Waals surface area (Å²) in [6.07, 6.45) is 0. The molecule has 0 bridgehead atoms. The Balaban J connectivity index is 3.07. The maximum atomic E-state index is 8.24. The van der Waals surface area contributed by atoms with Crippen molar-refractivity contribution < 1.29 is 0 Å². The third-order valence-electron chi connectivity index (χ3n) is 1.49. The fourth-order valence-electron chi connectivity index (χ4n) is 0.916. The molecule has 0 amide bonds. The van der Waals surface area contributed by atoms with E-state index < -0.39 is 0 Å². The second-order valence-electron chi connectivity index (χ2n) is 2.22. The van der Waals surface area contributed by atoms with Crippen molar-refractivity contribution in [2.75, 3.05) is 0 Å². The first-order chi connectivity index (χ1) is 5.88. The lowest BCUT2D eigenvalue weighted by molar-refractivity contribution is 1.06. The molecule has 58 valence electrons. The molecule has 1 rings (SSSR count). The Morgan fingerprint density at radius 3 is 2.75 bits per heavy atom. The van der Waals surface area contributed by atoms with Crippen LogP contribution < -0.4 is 5.73 Å². The third-order valence-corrected chi connectivity index (χ3v) is 1.49. The van der Waals surface area contributed by atoms with Crippen molar-refractivity contribution in [1.29, 1.82) is 5.26 Å². The van der Waals surface area contributed by atoms with Crippen LogP contribution >= 0.6 is 0 Å². The maximum absolute atomic E-state index is 8.24. The third kappa shape index (κ3) is 1.85. The van der Waals surface area contributed by atoms with Gasteiger partial charge in [0.15, 0.2) is 6.07 Å². The molecule has 2 N–H and O–H groups in total. The van der Waals surface area contributed by atoms with Crippen LogP contribution in [-0.2, 0) is 6.54 Å². The first kappa shape index (κ1) is 8.33. The van der Waals surface area contributed by atoms with Gasteiger partial charge in [-0.1, -0.05) is 24.1 Å². The first-order valence-electron chi connectivity index (χ1n) is 3.56. The molecule has 0 heterocycles. The molecule has 0 spiro atoms. The summed E-state index contributed by atoms with van der Waals surface area (Å²) in [6.45, 7) is 0.455. The van der Waals surface area contributed by atoms with Gasteiger partial charge in [0.25, 0.3) is 0 Å². The number of benzene rings is 1. The van der Waals surface area contributed by atoms with Gasteiger partial charge in [-0.15, -0.1) is 0 Å². The normalized spacial score (nSPS) is 8.00. The van der Waals surface area contributed by atoms with Gasteiger partial charge in [-0.05, 0) is 11.6 Å². The van der Waals surface area contributed by atoms with Crippen molar-refractivity contribution in [2.24, 2.45) is 5.73 Å². The Morgan fingerprint density at radius 2 is 2.08 bits per heavy atom. The summed E-state index contributed by atoms with van der Waals surface area (Å²) in [7, 11) is 0. The second kappa shape index (κ2) is 4.18. The van der Waals surface area contributed by atoms with Crippen LogP contribution in [0.15, 0.2) is 24.3 Å². The summed E-state index contributed by atoms with van der Waals surface area (Å²) >= 11 is 0. The lowest BCUT2D eigenvalue weighted by Crippen LogP contribution is -1.98. The molecule has 0 aliphatic rings. The van der Waals surface area contributed by atoms with Crippen molar-refractivity contribution >= 4 is 0 Å². The van der Waals surface area contributed by atoms with E-state index in [1.807, 2.05) is 24.3 Å². The summed E-state index contributed by atoms with van der Waals surface area (Å²) < 4.78 is 0. The van der Waals surface area contributed by atoms with Crippen LogP contribution in [0, 0.1) is 23.2 Å². The number of hydrogen-bond donors (Lipinski definition) is 1. The van der Waals surface area contributed by atoms with Crippen LogP contribution in [0.5, 0.6) is 0 Å². The van der Waals surface area contributed by atoms with E-state index in [1.54, 1.807) is 6.07 Å². The molecule has 2 heteroatoms. The van der Waals surface area contributed by atoms with E-state index in [9.17, 15) is 0 Å². The van der Waals surface area contributed by atoms with E-state index in [-0.39, 0.29) is 0 Å². The monoisotopic (exact) mass is 156 g/mol. The first-order valence-corrected chi connectivity index (χ1v) is 3.56. The molecular formula is C10H8N2. The van der Waals surface area contributed by atoms with E-state index in [2.05, 4.69) is 11.8 Å². The molecule has 0 atom stereocenters. The zero-order chi connectivity index (χ0) is 8.81. The minimum Gasteiger partial charge on any atom is -0.326 e. The van der Waals surface area contributed by atoms with Gasteiger partial charge in [0.1, 0.15) is 0 Å². The average Bonchev–Trinajstić information content (AvgIpc) is 2.15. The van der Waals surface area contributed by atoms with Gasteiger partial charge in [0.05, 0.1) is 0 Å². The molecular weight excluding hydrogens is 148 g/mol. The molecule has 12 heavy (non-hydrogen) atoms. The highest BCUT2D eigenvalue weighted by Gasteiger charge is 1.93. The highest BCUT2D eigenvalue weighted by atomic mass is 14.5. The SMILES string of the molecule is N#CC#Cc1ccccc1CN. The number of hydrogen-bond acceptors (Lipinski definition) is 2. The standard InChI is InChI=1S/C10H8N2/c11-7-3-6-9-4-1-2-5-10(9)8-12/h1-2,4-5H,8,12H2. The van der Waals surface area contributed by atoms with Gasteiger partial charge in [0, 0.05) is 18.0 Å². The smallest absolute Gasteiger partial charge is 0.152 e. The number of nitrogens with zero attached hydrogens (tertiary/aromatic N) is 1. The van der Waals surface area contributed by atoms with Gasteiger partial charge in [-0.2, -0.15) is 5.26 Å². The van der Waals surface area contributed by atoms with Gasteiger partial charge in [0.2, 0.25) is 0 Å². The van der Waals surface area contributed by atoms with Crippen molar-refractivity contribution in [3.05, 3.63) is 35.4 Å². The zero-order valence-corrected chi connectivity index (χ0v) is 6.54. The maximum Gasteiger partial charge on any atom is 0.152 e. The van der Waals surface area contributed by atoms with Gasteiger partial charge >= 0.3 is 0 Å². The van der Waals surface area contributed by atoms with Gasteiger partial charge in [-0.25, -0.2) is 0 Å². The fourth-order valence-corrected chi connectivity index (χ4v) is 0.916. The number of rotatable bonds is 1. The van der Waals surface area contributed by atoms with Crippen LogP contribution in [0.4, 0.5) is 0 Å². The topological polar surface area (TPSA) is 49.8 Å². The fraction of sp³-hybridized carbons (Fsp3) is 0.100. The number of nitriles is 1. The van der Waals surface area contributed by atoms with Crippen molar-refractivity contribution in [3.8, 4) is 17.9 Å². The molecule has 0 aromatic heterocycles. The molecule has 1 aromatic rings. The summed E-state index contributed by atoms with van der Waals surface area (Å²) in [6, 6.07) is 9.30. The van der Waals surface area contributed by atoms with Gasteiger partial charge < -0.3 is 5.73 Å². The molecule has 0 aliphatic heterocycles. The van der Waals surface area contributed by atoms with Crippen LogP contribution in [0.1, 0.15) is 11.1 Å². The molecule has 0 radical (unpaired) electrons. The average molecular weight is 156 g/mol. The van der Waals surface area contributed by atoms with E-state index >= 15 is 0 Å². The Labute approximate surface area is 71.6 Å². The predicted molar refractivity (Wildman–Crippen MR) is 46.8 cm³/mol. The molecule has 0 fully saturated rings. The Bertz CT molecular complexity index is 363. The van der Waals surface area contributed by atoms with E-state index in [1.165, 1.54) is 0 Å². The van der Waals surface area contributed by atoms with Crippen LogP contribution in [0.2, 0.25) is 0 Å². The van der Waals surface area contributed by atoms with E-state index in [0.29, 0.717) is 6.54 Å². The van der Waals surface area contributed by atoms with Crippen LogP contribution in [-0.4, -0.2) is 0 Å². The lowest BCUT2D eigenvalue weighted by Gasteiger charge is -1.97. The number of nitrogens with two attached hydrogens (primary N) is 1. The summed E-state index contributed by atoms with van der Waals surface area (Å²) in [5, 5.41) is 8.24. The quantitative estimate of drug-likeness (QED) is 0.617. The van der Waals surface area contributed by atoms with Crippen LogP contribution in [0.25, 0.3) is 0 Å². The molecule has 0 saturated heterocycles. The molecule has 2 nitrogen and oxygen atoms in total. The Hall–Kier alpha value is -1.77. The Kier molecular flexibility index (Phi) is 2.90. The zero-order valence-electron chi connectivity index (χ0n) is 6.54. The van der Waals surface area contributed by atoms with Crippen molar-refractivity contribution in [1.82, 2.24) is 0 Å². The van der Waals surface area contributed by atoms with Crippen LogP contribution in [0.3, 0.4) is 0 Å². The Morgan fingerprint density at radius 1 is 1.33 bits per heavy atom. The molecule has 0 aliphatic carbocycles. The molecule has 1 aromatic carbocycles. The molecule has 0 saturated carbocycles. The summed E-state index contributed by atoms with van der Waals surface area (Å²) in [5.41, 5.74) is 7.28. The van der Waals surface area contributed by atoms with Crippen molar-refractivity contribution in [3.63, 3.8) is 0 Å².